The van der Waals surface area contributed by atoms with Gasteiger partial charge in [0.2, 0.25) is 11.6 Å². The van der Waals surface area contributed by atoms with Crippen LogP contribution in [0.25, 0.3) is 0 Å². The lowest BCUT2D eigenvalue weighted by Crippen LogP contribution is -1.97. The number of ether oxygens (including phenoxy) is 1. The number of nitro benzene ring substituents is 1. The van der Waals surface area contributed by atoms with Crippen molar-refractivity contribution in [3.63, 3.8) is 0 Å². The van der Waals surface area contributed by atoms with Crippen molar-refractivity contribution < 1.29 is 14.6 Å². The number of nitrogens with zero attached hydrogens (tertiary/aromatic N) is 3. The summed E-state index contributed by atoms with van der Waals surface area (Å²) in [5.74, 6) is 0.0839. The van der Waals surface area contributed by atoms with Crippen LogP contribution < -0.4 is 4.74 Å². The fourth-order valence-electron chi connectivity index (χ4n) is 1.60. The van der Waals surface area contributed by atoms with Crippen molar-refractivity contribution in [1.29, 1.82) is 0 Å². The Bertz CT molecular complexity index is 669. The fraction of sp³-hybridized carbons (Fsp3) is 0.0833. The molecule has 0 N–H and O–H groups in total. The van der Waals surface area contributed by atoms with Crippen molar-refractivity contribution in [2.75, 3.05) is 0 Å². The van der Waals surface area contributed by atoms with Gasteiger partial charge in [0.15, 0.2) is 0 Å². The molecule has 0 spiro atoms. The van der Waals surface area contributed by atoms with Crippen LogP contribution in [-0.4, -0.2) is 14.8 Å². The third-order valence-electron chi connectivity index (χ3n) is 2.53. The lowest BCUT2D eigenvalue weighted by Gasteiger charge is -2.06. The van der Waals surface area contributed by atoms with Crippen molar-refractivity contribution in [2.24, 2.45) is 0 Å². The zero-order chi connectivity index (χ0) is 14.7. The van der Waals surface area contributed by atoms with Gasteiger partial charge < -0.3 is 4.74 Å². The van der Waals surface area contributed by atoms with Gasteiger partial charge in [-0.3, -0.25) is 20.2 Å². The molecule has 0 atom stereocenters. The fourth-order valence-corrected chi connectivity index (χ4v) is 1.60. The standard InChI is InChI=1S/C12H9N3O5/c1-8-3-2-4-10(12(8)15(18)19)20-11-6-5-9(7-13-11)14(16)17/h2-7H,1H3. The summed E-state index contributed by atoms with van der Waals surface area (Å²) in [6.07, 6.45) is 1.02. The number of pyridine rings is 1. The molecule has 0 radical (unpaired) electrons. The van der Waals surface area contributed by atoms with Crippen molar-refractivity contribution in [2.45, 2.75) is 6.92 Å². The molecule has 20 heavy (non-hydrogen) atoms. The summed E-state index contributed by atoms with van der Waals surface area (Å²) in [5, 5.41) is 21.5. The molecule has 0 aliphatic rings. The Hall–Kier alpha value is -3.03. The molecule has 2 rings (SSSR count). The number of rotatable bonds is 4. The van der Waals surface area contributed by atoms with Crippen molar-refractivity contribution in [3.8, 4) is 11.6 Å². The minimum absolute atomic E-state index is 0.0383. The molecular weight excluding hydrogens is 266 g/mol. The number of aryl methyl sites for hydroxylation is 1. The van der Waals surface area contributed by atoms with Crippen molar-refractivity contribution in [3.05, 3.63) is 62.3 Å². The van der Waals surface area contributed by atoms with Crippen LogP contribution in [0.4, 0.5) is 11.4 Å². The van der Waals surface area contributed by atoms with E-state index in [-0.39, 0.29) is 23.0 Å². The summed E-state index contributed by atoms with van der Waals surface area (Å²) < 4.78 is 5.31. The molecule has 0 saturated carbocycles. The van der Waals surface area contributed by atoms with E-state index >= 15 is 0 Å². The summed E-state index contributed by atoms with van der Waals surface area (Å²) >= 11 is 0. The number of para-hydroxylation sites is 1. The number of hydrogen-bond donors (Lipinski definition) is 0. The quantitative estimate of drug-likeness (QED) is 0.626. The second-order valence-corrected chi connectivity index (χ2v) is 3.89. The maximum absolute atomic E-state index is 11.0. The molecule has 0 aliphatic heterocycles. The maximum Gasteiger partial charge on any atom is 0.314 e. The first kappa shape index (κ1) is 13.4. The first-order valence-corrected chi connectivity index (χ1v) is 5.51. The lowest BCUT2D eigenvalue weighted by molar-refractivity contribution is -0.386. The first-order valence-electron chi connectivity index (χ1n) is 5.51. The van der Waals surface area contributed by atoms with Gasteiger partial charge in [-0.2, -0.15) is 0 Å². The van der Waals surface area contributed by atoms with E-state index in [2.05, 4.69) is 4.98 Å². The van der Waals surface area contributed by atoms with Crippen LogP contribution in [0, 0.1) is 27.2 Å². The summed E-state index contributed by atoms with van der Waals surface area (Å²) in [5.41, 5.74) is 0.109. The monoisotopic (exact) mass is 275 g/mol. The highest BCUT2D eigenvalue weighted by molar-refractivity contribution is 5.53. The maximum atomic E-state index is 11.0. The Balaban J connectivity index is 2.33. The lowest BCUT2D eigenvalue weighted by atomic mass is 10.2. The van der Waals surface area contributed by atoms with Crippen molar-refractivity contribution >= 4 is 11.4 Å². The molecule has 0 unspecified atom stereocenters. The predicted octanol–water partition coefficient (Wildman–Crippen LogP) is 3.00. The molecule has 0 amide bonds. The summed E-state index contributed by atoms with van der Waals surface area (Å²) in [6, 6.07) is 7.14. The second kappa shape index (κ2) is 5.31. The van der Waals surface area contributed by atoms with Gasteiger partial charge >= 0.3 is 5.69 Å². The average Bonchev–Trinajstić information content (AvgIpc) is 2.39. The van der Waals surface area contributed by atoms with Gasteiger partial charge in [0.25, 0.3) is 5.69 Å². The molecule has 0 aliphatic carbocycles. The van der Waals surface area contributed by atoms with Crippen LogP contribution in [0.2, 0.25) is 0 Å². The van der Waals surface area contributed by atoms with Gasteiger partial charge in [-0.15, -0.1) is 0 Å². The predicted molar refractivity (Wildman–Crippen MR) is 68.8 cm³/mol. The van der Waals surface area contributed by atoms with Crippen LogP contribution in [0.1, 0.15) is 5.56 Å². The van der Waals surface area contributed by atoms with Crippen LogP contribution in [-0.2, 0) is 0 Å². The third kappa shape index (κ3) is 2.69. The second-order valence-electron chi connectivity index (χ2n) is 3.89. The van der Waals surface area contributed by atoms with Gasteiger partial charge in [-0.25, -0.2) is 4.98 Å². The largest absolute Gasteiger partial charge is 0.432 e. The van der Waals surface area contributed by atoms with E-state index in [9.17, 15) is 20.2 Å². The van der Waals surface area contributed by atoms with E-state index in [1.54, 1.807) is 19.1 Å². The van der Waals surface area contributed by atoms with Gasteiger partial charge in [0.1, 0.15) is 6.20 Å². The van der Waals surface area contributed by atoms with Crippen LogP contribution >= 0.6 is 0 Å². The molecule has 1 aromatic carbocycles. The number of nitro groups is 2. The Morgan fingerprint density at radius 3 is 2.40 bits per heavy atom. The summed E-state index contributed by atoms with van der Waals surface area (Å²) in [7, 11) is 0. The number of benzene rings is 1. The van der Waals surface area contributed by atoms with Gasteiger partial charge in [0.05, 0.1) is 9.85 Å². The normalized spacial score (nSPS) is 10.1. The zero-order valence-corrected chi connectivity index (χ0v) is 10.3. The Kier molecular flexibility index (Phi) is 3.56. The first-order chi connectivity index (χ1) is 9.49. The molecule has 0 bridgehead atoms. The highest BCUT2D eigenvalue weighted by Crippen LogP contribution is 2.33. The Morgan fingerprint density at radius 2 is 1.85 bits per heavy atom. The van der Waals surface area contributed by atoms with E-state index in [0.717, 1.165) is 6.20 Å². The Labute approximate surface area is 112 Å². The molecule has 0 fully saturated rings. The van der Waals surface area contributed by atoms with E-state index in [1.807, 2.05) is 0 Å². The minimum atomic E-state index is -0.591. The highest BCUT2D eigenvalue weighted by atomic mass is 16.6. The number of hydrogen-bond acceptors (Lipinski definition) is 6. The zero-order valence-electron chi connectivity index (χ0n) is 10.3. The average molecular weight is 275 g/mol. The van der Waals surface area contributed by atoms with Crippen LogP contribution in [0.3, 0.4) is 0 Å². The minimum Gasteiger partial charge on any atom is -0.432 e. The van der Waals surface area contributed by atoms with E-state index in [0.29, 0.717) is 5.56 Å². The molecule has 102 valence electrons. The van der Waals surface area contributed by atoms with E-state index in [1.165, 1.54) is 18.2 Å². The highest BCUT2D eigenvalue weighted by Gasteiger charge is 2.19. The topological polar surface area (TPSA) is 108 Å². The molecule has 8 nitrogen and oxygen atoms in total. The van der Waals surface area contributed by atoms with Crippen LogP contribution in [0.5, 0.6) is 11.6 Å². The van der Waals surface area contributed by atoms with Gasteiger partial charge in [-0.05, 0) is 13.0 Å². The summed E-state index contributed by atoms with van der Waals surface area (Å²) in [6.45, 7) is 1.59. The molecule has 0 saturated heterocycles. The SMILES string of the molecule is Cc1cccc(Oc2ccc([N+](=O)[O-])cn2)c1[N+](=O)[O-]. The van der Waals surface area contributed by atoms with Gasteiger partial charge in [-0.1, -0.05) is 12.1 Å². The molecular formula is C12H9N3O5. The van der Waals surface area contributed by atoms with E-state index in [4.69, 9.17) is 4.74 Å². The smallest absolute Gasteiger partial charge is 0.314 e. The molecule has 8 heteroatoms. The van der Waals surface area contributed by atoms with Crippen molar-refractivity contribution in [1.82, 2.24) is 4.98 Å². The van der Waals surface area contributed by atoms with E-state index < -0.39 is 9.85 Å². The Morgan fingerprint density at radius 1 is 1.10 bits per heavy atom. The molecule has 2 aromatic rings. The van der Waals surface area contributed by atoms with Crippen LogP contribution in [0.15, 0.2) is 36.5 Å². The molecule has 1 aromatic heterocycles. The van der Waals surface area contributed by atoms with Gasteiger partial charge in [0, 0.05) is 17.7 Å². The number of aromatic nitrogens is 1. The summed E-state index contributed by atoms with van der Waals surface area (Å²) in [4.78, 5) is 24.1. The molecule has 1 heterocycles. The third-order valence-corrected chi connectivity index (χ3v) is 2.53.